The Labute approximate surface area is 77.5 Å². The molecule has 1 atom stereocenters. The summed E-state index contributed by atoms with van der Waals surface area (Å²) in [5.74, 6) is -0.113. The molecule has 1 aliphatic heterocycles. The highest BCUT2D eigenvalue weighted by atomic mass is 19.1. The van der Waals surface area contributed by atoms with E-state index in [1.807, 2.05) is 13.0 Å². The molecule has 0 amide bonds. The minimum atomic E-state index is -0.113. The van der Waals surface area contributed by atoms with Gasteiger partial charge in [-0.05, 0) is 36.6 Å². The van der Waals surface area contributed by atoms with Crippen LogP contribution in [0, 0.1) is 19.7 Å². The van der Waals surface area contributed by atoms with E-state index in [0.29, 0.717) is 6.10 Å². The van der Waals surface area contributed by atoms with Crippen molar-refractivity contribution >= 4 is 0 Å². The molecule has 0 aliphatic carbocycles. The zero-order valence-corrected chi connectivity index (χ0v) is 7.93. The van der Waals surface area contributed by atoms with Gasteiger partial charge in [0.15, 0.2) is 0 Å². The molecule has 2 heteroatoms. The molecule has 1 aromatic carbocycles. The zero-order valence-electron chi connectivity index (χ0n) is 7.93. The molecule has 1 saturated heterocycles. The lowest BCUT2D eigenvalue weighted by molar-refractivity contribution is 0.407. The van der Waals surface area contributed by atoms with Crippen LogP contribution in [0.3, 0.4) is 0 Å². The first-order chi connectivity index (χ1) is 6.16. The van der Waals surface area contributed by atoms with E-state index in [0.717, 1.165) is 24.2 Å². The summed E-state index contributed by atoms with van der Waals surface area (Å²) in [7, 11) is 0. The fraction of sp³-hybridized carbons (Fsp3) is 0.455. The quantitative estimate of drug-likeness (QED) is 0.636. The Hall–Kier alpha value is -0.890. The maximum Gasteiger partial charge on any atom is 0.126 e. The number of hydrogen-bond donors (Lipinski definition) is 0. The molecule has 70 valence electrons. The second-order valence-electron chi connectivity index (χ2n) is 3.69. The molecule has 0 saturated carbocycles. The number of benzene rings is 1. The highest BCUT2D eigenvalue weighted by Crippen LogP contribution is 2.21. The van der Waals surface area contributed by atoms with E-state index in [-0.39, 0.29) is 5.82 Å². The maximum absolute atomic E-state index is 13.1. The molecular formula is C11H13FO. The summed E-state index contributed by atoms with van der Waals surface area (Å²) in [6.07, 6.45) is 1.30. The Kier molecular flexibility index (Phi) is 2.08. The van der Waals surface area contributed by atoms with Crippen molar-refractivity contribution in [3.05, 3.63) is 34.6 Å². The van der Waals surface area contributed by atoms with E-state index in [2.05, 4.69) is 0 Å². The highest BCUT2D eigenvalue weighted by molar-refractivity contribution is 5.32. The molecular weight excluding hydrogens is 167 g/mol. The average molecular weight is 180 g/mol. The lowest BCUT2D eigenvalue weighted by Crippen LogP contribution is -1.98. The van der Waals surface area contributed by atoms with Crippen molar-refractivity contribution in [3.8, 4) is 0 Å². The summed E-state index contributed by atoms with van der Waals surface area (Å²) >= 11 is 0. The van der Waals surface area contributed by atoms with Crippen LogP contribution in [0.5, 0.6) is 0 Å². The number of hydrogen-bond acceptors (Lipinski definition) is 1. The van der Waals surface area contributed by atoms with Crippen molar-refractivity contribution in [3.63, 3.8) is 0 Å². The Morgan fingerprint density at radius 2 is 2.08 bits per heavy atom. The van der Waals surface area contributed by atoms with Crippen LogP contribution in [0.15, 0.2) is 12.1 Å². The normalized spacial score (nSPS) is 20.4. The third kappa shape index (κ3) is 1.89. The molecule has 0 aromatic heterocycles. The van der Waals surface area contributed by atoms with Gasteiger partial charge in [-0.2, -0.15) is 0 Å². The third-order valence-corrected chi connectivity index (χ3v) is 2.47. The first-order valence-corrected chi connectivity index (χ1v) is 4.54. The fourth-order valence-corrected chi connectivity index (χ4v) is 1.49. The summed E-state index contributed by atoms with van der Waals surface area (Å²) in [4.78, 5) is 0. The minimum Gasteiger partial charge on any atom is -0.373 e. The van der Waals surface area contributed by atoms with Gasteiger partial charge in [-0.15, -0.1) is 0 Å². The highest BCUT2D eigenvalue weighted by Gasteiger charge is 2.23. The van der Waals surface area contributed by atoms with Crippen LogP contribution < -0.4 is 0 Å². The van der Waals surface area contributed by atoms with Crippen LogP contribution in [0.4, 0.5) is 4.39 Å². The molecule has 1 heterocycles. The molecule has 1 fully saturated rings. The number of aryl methyl sites for hydroxylation is 2. The Morgan fingerprint density at radius 3 is 2.69 bits per heavy atom. The van der Waals surface area contributed by atoms with Gasteiger partial charge >= 0.3 is 0 Å². The molecule has 1 aliphatic rings. The van der Waals surface area contributed by atoms with Crippen molar-refractivity contribution in [1.29, 1.82) is 0 Å². The summed E-state index contributed by atoms with van der Waals surface area (Å²) in [5.41, 5.74) is 2.96. The van der Waals surface area contributed by atoms with Crippen LogP contribution in [0.25, 0.3) is 0 Å². The lowest BCUT2D eigenvalue weighted by Gasteiger charge is -2.06. The number of ether oxygens (including phenoxy) is 1. The molecule has 1 unspecified atom stereocenters. The van der Waals surface area contributed by atoms with Gasteiger partial charge < -0.3 is 4.74 Å². The van der Waals surface area contributed by atoms with Gasteiger partial charge in [0.25, 0.3) is 0 Å². The summed E-state index contributed by atoms with van der Waals surface area (Å²) in [5, 5.41) is 0. The van der Waals surface area contributed by atoms with Gasteiger partial charge in [-0.25, -0.2) is 4.39 Å². The molecule has 0 bridgehead atoms. The standard InChI is InChI=1S/C11H13FO/c1-7-4-11(12)8(2)3-9(7)5-10-6-13-10/h3-4,10H,5-6H2,1-2H3. The second-order valence-corrected chi connectivity index (χ2v) is 3.69. The van der Waals surface area contributed by atoms with Gasteiger partial charge in [0, 0.05) is 6.42 Å². The maximum atomic E-state index is 13.1. The van der Waals surface area contributed by atoms with Crippen molar-refractivity contribution in [1.82, 2.24) is 0 Å². The van der Waals surface area contributed by atoms with E-state index in [1.54, 1.807) is 13.0 Å². The number of rotatable bonds is 2. The van der Waals surface area contributed by atoms with E-state index in [4.69, 9.17) is 4.74 Å². The van der Waals surface area contributed by atoms with Crippen LogP contribution >= 0.6 is 0 Å². The van der Waals surface area contributed by atoms with Crippen LogP contribution in [0.2, 0.25) is 0 Å². The van der Waals surface area contributed by atoms with Crippen LogP contribution in [0.1, 0.15) is 16.7 Å². The predicted octanol–water partition coefficient (Wildman–Crippen LogP) is 2.38. The third-order valence-electron chi connectivity index (χ3n) is 2.47. The molecule has 0 radical (unpaired) electrons. The average Bonchev–Trinajstić information content (AvgIpc) is 2.84. The Balaban J connectivity index is 2.27. The second kappa shape index (κ2) is 3.11. The van der Waals surface area contributed by atoms with Gasteiger partial charge in [-0.3, -0.25) is 0 Å². The largest absolute Gasteiger partial charge is 0.373 e. The number of epoxide rings is 1. The van der Waals surface area contributed by atoms with Crippen LogP contribution in [-0.2, 0) is 11.2 Å². The van der Waals surface area contributed by atoms with Crippen molar-refractivity contribution in [2.45, 2.75) is 26.4 Å². The lowest BCUT2D eigenvalue weighted by atomic mass is 10.0. The van der Waals surface area contributed by atoms with Crippen molar-refractivity contribution in [2.24, 2.45) is 0 Å². The van der Waals surface area contributed by atoms with Crippen molar-refractivity contribution < 1.29 is 9.13 Å². The molecule has 1 nitrogen and oxygen atoms in total. The molecule has 0 N–H and O–H groups in total. The van der Waals surface area contributed by atoms with E-state index in [9.17, 15) is 4.39 Å². The van der Waals surface area contributed by atoms with Crippen molar-refractivity contribution in [2.75, 3.05) is 6.61 Å². The first-order valence-electron chi connectivity index (χ1n) is 4.54. The molecule has 2 rings (SSSR count). The smallest absolute Gasteiger partial charge is 0.126 e. The summed E-state index contributed by atoms with van der Waals surface area (Å²) < 4.78 is 18.2. The number of halogens is 1. The zero-order chi connectivity index (χ0) is 9.42. The van der Waals surface area contributed by atoms with Crippen LogP contribution in [-0.4, -0.2) is 12.7 Å². The SMILES string of the molecule is Cc1cc(CC2CO2)c(C)cc1F. The van der Waals surface area contributed by atoms with E-state index in [1.165, 1.54) is 5.56 Å². The molecule has 0 spiro atoms. The van der Waals surface area contributed by atoms with Gasteiger partial charge in [0.2, 0.25) is 0 Å². The topological polar surface area (TPSA) is 12.5 Å². The monoisotopic (exact) mass is 180 g/mol. The Bertz CT molecular complexity index is 329. The summed E-state index contributed by atoms with van der Waals surface area (Å²) in [6, 6.07) is 3.53. The molecule has 13 heavy (non-hydrogen) atoms. The Morgan fingerprint density at radius 1 is 1.38 bits per heavy atom. The molecule has 1 aromatic rings. The summed E-state index contributed by atoms with van der Waals surface area (Å²) in [6.45, 7) is 4.60. The van der Waals surface area contributed by atoms with E-state index >= 15 is 0 Å². The predicted molar refractivity (Wildman–Crippen MR) is 49.3 cm³/mol. The van der Waals surface area contributed by atoms with Gasteiger partial charge in [0.05, 0.1) is 12.7 Å². The first kappa shape index (κ1) is 8.70. The fourth-order valence-electron chi connectivity index (χ4n) is 1.49. The minimum absolute atomic E-state index is 0.113. The van der Waals surface area contributed by atoms with E-state index < -0.39 is 0 Å². The van der Waals surface area contributed by atoms with Gasteiger partial charge in [-0.1, -0.05) is 6.07 Å². The van der Waals surface area contributed by atoms with Gasteiger partial charge in [0.1, 0.15) is 5.82 Å².